The smallest absolute Gasteiger partial charge is 0.304 e. The Hall–Kier alpha value is -0.570. The fourth-order valence-corrected chi connectivity index (χ4v) is 1.56. The molecule has 0 aromatic rings. The molecule has 0 amide bonds. The summed E-state index contributed by atoms with van der Waals surface area (Å²) in [4.78, 5) is 13.1. The quantitative estimate of drug-likeness (QED) is 0.487. The van der Waals surface area contributed by atoms with Crippen LogP contribution in [-0.4, -0.2) is 29.7 Å². The van der Waals surface area contributed by atoms with Crippen LogP contribution in [0.3, 0.4) is 0 Å². The molecule has 0 saturated heterocycles. The standard InChI is InChI=1S/C10H21NO2/c1-6-10(5,13-9(4)12)11(7-2)8-3/h6-8H2,1-5H3. The largest absolute Gasteiger partial charge is 0.444 e. The molecule has 13 heavy (non-hydrogen) atoms. The van der Waals surface area contributed by atoms with Gasteiger partial charge < -0.3 is 4.74 Å². The zero-order valence-corrected chi connectivity index (χ0v) is 9.39. The first-order chi connectivity index (χ1) is 6.00. The molecular weight excluding hydrogens is 166 g/mol. The molecule has 0 fully saturated rings. The first-order valence-corrected chi connectivity index (χ1v) is 4.94. The fraction of sp³-hybridized carbons (Fsp3) is 0.900. The van der Waals surface area contributed by atoms with E-state index in [1.807, 2.05) is 13.8 Å². The maximum atomic E-state index is 10.9. The summed E-state index contributed by atoms with van der Waals surface area (Å²) in [5.74, 6) is -0.212. The van der Waals surface area contributed by atoms with E-state index in [1.165, 1.54) is 6.92 Å². The van der Waals surface area contributed by atoms with Crippen LogP contribution in [0.5, 0.6) is 0 Å². The molecule has 3 nitrogen and oxygen atoms in total. The SMILES string of the molecule is CCN(CC)C(C)(CC)OC(C)=O. The van der Waals surface area contributed by atoms with Gasteiger partial charge in [0.15, 0.2) is 5.72 Å². The topological polar surface area (TPSA) is 29.5 Å². The summed E-state index contributed by atoms with van der Waals surface area (Å²) in [6.07, 6.45) is 0.814. The summed E-state index contributed by atoms with van der Waals surface area (Å²) in [6.45, 7) is 11.4. The van der Waals surface area contributed by atoms with Crippen LogP contribution in [0.25, 0.3) is 0 Å². The third-order valence-corrected chi connectivity index (χ3v) is 2.45. The minimum atomic E-state index is -0.435. The highest BCUT2D eigenvalue weighted by Crippen LogP contribution is 2.20. The molecule has 1 unspecified atom stereocenters. The minimum Gasteiger partial charge on any atom is -0.444 e. The van der Waals surface area contributed by atoms with E-state index in [1.54, 1.807) is 0 Å². The molecular formula is C10H21NO2. The van der Waals surface area contributed by atoms with Crippen molar-refractivity contribution in [1.29, 1.82) is 0 Å². The zero-order valence-electron chi connectivity index (χ0n) is 9.39. The number of rotatable bonds is 5. The number of carbonyl (C=O) groups excluding carboxylic acids is 1. The molecule has 0 aliphatic heterocycles. The van der Waals surface area contributed by atoms with Gasteiger partial charge in [-0.1, -0.05) is 20.8 Å². The van der Waals surface area contributed by atoms with Crippen LogP contribution < -0.4 is 0 Å². The number of hydrogen-bond acceptors (Lipinski definition) is 3. The van der Waals surface area contributed by atoms with Gasteiger partial charge in [0.1, 0.15) is 0 Å². The summed E-state index contributed by atoms with van der Waals surface area (Å²) in [6, 6.07) is 0. The van der Waals surface area contributed by atoms with Crippen LogP contribution in [0, 0.1) is 0 Å². The third-order valence-electron chi connectivity index (χ3n) is 2.45. The number of nitrogens with zero attached hydrogens (tertiary/aromatic N) is 1. The maximum Gasteiger partial charge on any atom is 0.304 e. The third kappa shape index (κ3) is 3.35. The van der Waals surface area contributed by atoms with E-state index in [9.17, 15) is 4.79 Å². The second-order valence-electron chi connectivity index (χ2n) is 3.29. The Morgan fingerprint density at radius 1 is 1.31 bits per heavy atom. The second-order valence-corrected chi connectivity index (χ2v) is 3.29. The van der Waals surface area contributed by atoms with E-state index >= 15 is 0 Å². The average molecular weight is 187 g/mol. The predicted molar refractivity (Wildman–Crippen MR) is 53.4 cm³/mol. The molecule has 0 rings (SSSR count). The van der Waals surface area contributed by atoms with Crippen molar-refractivity contribution in [1.82, 2.24) is 4.90 Å². The molecule has 3 heteroatoms. The molecule has 0 heterocycles. The Morgan fingerprint density at radius 2 is 1.77 bits per heavy atom. The second kappa shape index (κ2) is 5.22. The number of ether oxygens (including phenoxy) is 1. The van der Waals surface area contributed by atoms with Gasteiger partial charge in [0.25, 0.3) is 0 Å². The van der Waals surface area contributed by atoms with Crippen LogP contribution in [0.2, 0.25) is 0 Å². The van der Waals surface area contributed by atoms with Gasteiger partial charge in [0.2, 0.25) is 0 Å². The van der Waals surface area contributed by atoms with Crippen LogP contribution >= 0.6 is 0 Å². The van der Waals surface area contributed by atoms with Gasteiger partial charge in [-0.15, -0.1) is 0 Å². The molecule has 0 radical (unpaired) electrons. The fourth-order valence-electron chi connectivity index (χ4n) is 1.56. The summed E-state index contributed by atoms with van der Waals surface area (Å²) in [5, 5.41) is 0. The van der Waals surface area contributed by atoms with E-state index in [2.05, 4.69) is 18.7 Å². The summed E-state index contributed by atoms with van der Waals surface area (Å²) in [5.41, 5.74) is -0.435. The van der Waals surface area contributed by atoms with Crippen LogP contribution in [-0.2, 0) is 9.53 Å². The van der Waals surface area contributed by atoms with Gasteiger partial charge in [0.05, 0.1) is 0 Å². The van der Waals surface area contributed by atoms with Crippen LogP contribution in [0.1, 0.15) is 41.0 Å². The summed E-state index contributed by atoms with van der Waals surface area (Å²) in [7, 11) is 0. The van der Waals surface area contributed by atoms with Crippen molar-refractivity contribution >= 4 is 5.97 Å². The van der Waals surface area contributed by atoms with Gasteiger partial charge in [0, 0.05) is 6.92 Å². The molecule has 1 atom stereocenters. The normalized spacial score (nSPS) is 15.5. The molecule has 0 bridgehead atoms. The van der Waals surface area contributed by atoms with Crippen molar-refractivity contribution in [2.24, 2.45) is 0 Å². The zero-order chi connectivity index (χ0) is 10.5. The first kappa shape index (κ1) is 12.4. The lowest BCUT2D eigenvalue weighted by atomic mass is 10.1. The van der Waals surface area contributed by atoms with E-state index in [-0.39, 0.29) is 5.97 Å². The van der Waals surface area contributed by atoms with Gasteiger partial charge in [-0.25, -0.2) is 0 Å². The van der Waals surface area contributed by atoms with E-state index < -0.39 is 5.72 Å². The van der Waals surface area contributed by atoms with Crippen molar-refractivity contribution < 1.29 is 9.53 Å². The van der Waals surface area contributed by atoms with Crippen molar-refractivity contribution in [3.05, 3.63) is 0 Å². The van der Waals surface area contributed by atoms with Gasteiger partial charge in [-0.3, -0.25) is 9.69 Å². The van der Waals surface area contributed by atoms with E-state index in [0.717, 1.165) is 19.5 Å². The molecule has 0 aliphatic rings. The lowest BCUT2D eigenvalue weighted by Crippen LogP contribution is -2.48. The molecule has 0 aliphatic carbocycles. The van der Waals surface area contributed by atoms with E-state index in [0.29, 0.717) is 0 Å². The highest BCUT2D eigenvalue weighted by Gasteiger charge is 2.30. The Labute approximate surface area is 81.1 Å². The number of esters is 1. The highest BCUT2D eigenvalue weighted by molar-refractivity contribution is 5.66. The van der Waals surface area contributed by atoms with Crippen molar-refractivity contribution in [3.8, 4) is 0 Å². The molecule has 0 N–H and O–H groups in total. The minimum absolute atomic E-state index is 0.212. The highest BCUT2D eigenvalue weighted by atomic mass is 16.6. The molecule has 0 saturated carbocycles. The predicted octanol–water partition coefficient (Wildman–Crippen LogP) is 2.02. The molecule has 0 aromatic carbocycles. The van der Waals surface area contributed by atoms with Crippen molar-refractivity contribution in [2.45, 2.75) is 46.8 Å². The van der Waals surface area contributed by atoms with Crippen molar-refractivity contribution in [2.75, 3.05) is 13.1 Å². The van der Waals surface area contributed by atoms with Gasteiger partial charge >= 0.3 is 5.97 Å². The van der Waals surface area contributed by atoms with Crippen LogP contribution in [0.15, 0.2) is 0 Å². The first-order valence-electron chi connectivity index (χ1n) is 4.94. The maximum absolute atomic E-state index is 10.9. The average Bonchev–Trinajstić information content (AvgIpc) is 2.05. The summed E-state index contributed by atoms with van der Waals surface area (Å²) < 4.78 is 5.32. The van der Waals surface area contributed by atoms with Gasteiger partial charge in [-0.05, 0) is 26.4 Å². The van der Waals surface area contributed by atoms with Crippen LogP contribution in [0.4, 0.5) is 0 Å². The molecule has 0 aromatic heterocycles. The lowest BCUT2D eigenvalue weighted by molar-refractivity contribution is -0.178. The van der Waals surface area contributed by atoms with Gasteiger partial charge in [-0.2, -0.15) is 0 Å². The Balaban J connectivity index is 4.48. The molecule has 78 valence electrons. The monoisotopic (exact) mass is 187 g/mol. The number of carbonyl (C=O) groups is 1. The number of hydrogen-bond donors (Lipinski definition) is 0. The Morgan fingerprint density at radius 3 is 2.00 bits per heavy atom. The van der Waals surface area contributed by atoms with E-state index in [4.69, 9.17) is 4.74 Å². The Bertz CT molecular complexity index is 166. The Kier molecular flexibility index (Phi) is 4.99. The summed E-state index contributed by atoms with van der Waals surface area (Å²) >= 11 is 0. The molecule has 0 spiro atoms. The van der Waals surface area contributed by atoms with Crippen molar-refractivity contribution in [3.63, 3.8) is 0 Å². The lowest BCUT2D eigenvalue weighted by Gasteiger charge is -2.38.